The summed E-state index contributed by atoms with van der Waals surface area (Å²) >= 11 is 0. The maximum atomic E-state index is 12.9. The zero-order chi connectivity index (χ0) is 55.0. The van der Waals surface area contributed by atoms with Gasteiger partial charge in [0.05, 0.1) is 0 Å². The molecule has 1 unspecified atom stereocenters. The van der Waals surface area contributed by atoms with Crippen molar-refractivity contribution in [2.24, 2.45) is 0 Å². The zero-order valence-electron chi connectivity index (χ0n) is 51.0. The maximum Gasteiger partial charge on any atom is 0.306 e. The van der Waals surface area contributed by atoms with Gasteiger partial charge in [0, 0.05) is 19.3 Å². The fourth-order valence-corrected chi connectivity index (χ4v) is 9.98. The van der Waals surface area contributed by atoms with Gasteiger partial charge in [-0.2, -0.15) is 0 Å². The van der Waals surface area contributed by atoms with Crippen LogP contribution in [0.2, 0.25) is 0 Å². The number of unbranched alkanes of at least 4 members (excludes halogenated alkanes) is 43. The van der Waals surface area contributed by atoms with Crippen LogP contribution in [0.3, 0.4) is 0 Å². The summed E-state index contributed by atoms with van der Waals surface area (Å²) in [6, 6.07) is 0. The molecule has 0 aromatic rings. The molecular weight excluding hydrogens is 937 g/mol. The van der Waals surface area contributed by atoms with Crippen molar-refractivity contribution in [1.29, 1.82) is 0 Å². The predicted molar refractivity (Wildman–Crippen MR) is 330 cm³/mol. The quantitative estimate of drug-likeness (QED) is 0.0261. The Morgan fingerprint density at radius 3 is 0.776 bits per heavy atom. The highest BCUT2D eigenvalue weighted by Gasteiger charge is 2.19. The molecule has 0 spiro atoms. The van der Waals surface area contributed by atoms with Crippen LogP contribution < -0.4 is 0 Å². The molecule has 444 valence electrons. The van der Waals surface area contributed by atoms with Crippen molar-refractivity contribution in [2.75, 3.05) is 13.2 Å². The highest BCUT2D eigenvalue weighted by molar-refractivity contribution is 5.71. The molecule has 0 aliphatic heterocycles. The molecule has 6 heteroatoms. The number of carbonyl (C=O) groups is 3. The molecule has 0 aromatic heterocycles. The van der Waals surface area contributed by atoms with Gasteiger partial charge in [0.15, 0.2) is 6.10 Å². The van der Waals surface area contributed by atoms with E-state index < -0.39 is 6.10 Å². The fourth-order valence-electron chi connectivity index (χ4n) is 9.98. The third-order valence-corrected chi connectivity index (χ3v) is 15.1. The van der Waals surface area contributed by atoms with Gasteiger partial charge >= 0.3 is 17.9 Å². The summed E-state index contributed by atoms with van der Waals surface area (Å²) in [5.41, 5.74) is 0. The molecular formula is C70H128O6. The Balaban J connectivity index is 4.18. The van der Waals surface area contributed by atoms with Gasteiger partial charge in [0.2, 0.25) is 0 Å². The lowest BCUT2D eigenvalue weighted by molar-refractivity contribution is -0.167. The maximum absolute atomic E-state index is 12.9. The summed E-state index contributed by atoms with van der Waals surface area (Å²) < 4.78 is 16.9. The van der Waals surface area contributed by atoms with E-state index in [1.54, 1.807) is 0 Å². The SMILES string of the molecule is CCCCC/C=C\CCCCCCCC(=O)OCC(COC(=O)CCCCCCCCCCCCCCCC/C=C\C/C=C\C/C=C\CCCCCCC)OC(=O)CCCCCCCCCCCCCCCCCCC. The number of esters is 3. The molecule has 0 bridgehead atoms. The Morgan fingerprint density at radius 1 is 0.263 bits per heavy atom. The zero-order valence-corrected chi connectivity index (χ0v) is 51.0. The first-order valence-corrected chi connectivity index (χ1v) is 33.6. The largest absolute Gasteiger partial charge is 0.462 e. The molecule has 6 nitrogen and oxygen atoms in total. The molecule has 0 saturated heterocycles. The Morgan fingerprint density at radius 2 is 0.474 bits per heavy atom. The van der Waals surface area contributed by atoms with Crippen molar-refractivity contribution in [2.45, 2.75) is 367 Å². The molecule has 0 N–H and O–H groups in total. The van der Waals surface area contributed by atoms with Crippen LogP contribution in [0.4, 0.5) is 0 Å². The van der Waals surface area contributed by atoms with Gasteiger partial charge in [-0.1, -0.05) is 307 Å². The normalized spacial score (nSPS) is 12.3. The number of carbonyl (C=O) groups excluding carboxylic acids is 3. The smallest absolute Gasteiger partial charge is 0.306 e. The summed E-state index contributed by atoms with van der Waals surface area (Å²) in [5, 5.41) is 0. The van der Waals surface area contributed by atoms with Crippen LogP contribution in [0.1, 0.15) is 361 Å². The number of ether oxygens (including phenoxy) is 3. The van der Waals surface area contributed by atoms with Gasteiger partial charge < -0.3 is 14.2 Å². The second-order valence-corrected chi connectivity index (χ2v) is 22.7. The second-order valence-electron chi connectivity index (χ2n) is 22.7. The highest BCUT2D eigenvalue weighted by Crippen LogP contribution is 2.18. The van der Waals surface area contributed by atoms with Crippen LogP contribution in [-0.4, -0.2) is 37.2 Å². The van der Waals surface area contributed by atoms with E-state index in [4.69, 9.17) is 14.2 Å². The van der Waals surface area contributed by atoms with Gasteiger partial charge in [-0.05, 0) is 83.5 Å². The van der Waals surface area contributed by atoms with Crippen LogP contribution >= 0.6 is 0 Å². The van der Waals surface area contributed by atoms with E-state index in [1.807, 2.05) is 0 Å². The second kappa shape index (κ2) is 64.9. The molecule has 0 radical (unpaired) electrons. The Hall–Kier alpha value is -2.63. The highest BCUT2D eigenvalue weighted by atomic mass is 16.6. The van der Waals surface area contributed by atoms with Gasteiger partial charge in [-0.15, -0.1) is 0 Å². The summed E-state index contributed by atoms with van der Waals surface area (Å²) in [6.45, 7) is 6.65. The van der Waals surface area contributed by atoms with E-state index >= 15 is 0 Å². The van der Waals surface area contributed by atoms with Crippen LogP contribution in [-0.2, 0) is 28.6 Å². The van der Waals surface area contributed by atoms with Crippen LogP contribution in [0.15, 0.2) is 48.6 Å². The van der Waals surface area contributed by atoms with Crippen molar-refractivity contribution in [3.63, 3.8) is 0 Å². The molecule has 76 heavy (non-hydrogen) atoms. The van der Waals surface area contributed by atoms with E-state index in [0.717, 1.165) is 77.0 Å². The minimum atomic E-state index is -0.774. The van der Waals surface area contributed by atoms with Crippen molar-refractivity contribution in [3.8, 4) is 0 Å². The van der Waals surface area contributed by atoms with Crippen molar-refractivity contribution >= 4 is 17.9 Å². The molecule has 0 amide bonds. The molecule has 0 aliphatic carbocycles. The summed E-state index contributed by atoms with van der Waals surface area (Å²) in [6.07, 6.45) is 81.3. The minimum Gasteiger partial charge on any atom is -0.462 e. The van der Waals surface area contributed by atoms with E-state index in [1.165, 1.54) is 244 Å². The predicted octanol–water partition coefficient (Wildman–Crippen LogP) is 22.9. The van der Waals surface area contributed by atoms with E-state index in [9.17, 15) is 14.4 Å². The van der Waals surface area contributed by atoms with E-state index in [2.05, 4.69) is 69.4 Å². The van der Waals surface area contributed by atoms with Gasteiger partial charge in [0.1, 0.15) is 13.2 Å². The number of rotatable bonds is 62. The Kier molecular flexibility index (Phi) is 62.6. The number of hydrogen-bond acceptors (Lipinski definition) is 6. The summed E-state index contributed by atoms with van der Waals surface area (Å²) in [5.74, 6) is -0.859. The standard InChI is InChI=1S/C70H128O6/c1-4-7-10-13-16-19-22-25-27-29-30-31-32-33-34-35-36-37-38-39-40-42-43-45-48-51-54-57-60-63-69(72)75-66-67(65-74-68(71)62-59-56-53-50-47-24-21-18-15-12-9-6-3)76-70(73)64-61-58-55-52-49-46-44-41-28-26-23-20-17-14-11-8-5-2/h18,21-22,25,29-30,32-33,67H,4-17,19-20,23-24,26-28,31,34-66H2,1-3H3/b21-18-,25-22-,30-29-,33-32-. The van der Waals surface area contributed by atoms with Crippen molar-refractivity contribution in [3.05, 3.63) is 48.6 Å². The van der Waals surface area contributed by atoms with Crippen molar-refractivity contribution in [1.82, 2.24) is 0 Å². The molecule has 0 heterocycles. The van der Waals surface area contributed by atoms with Crippen molar-refractivity contribution < 1.29 is 28.6 Å². The summed E-state index contributed by atoms with van der Waals surface area (Å²) in [7, 11) is 0. The minimum absolute atomic E-state index is 0.0716. The third-order valence-electron chi connectivity index (χ3n) is 15.1. The third kappa shape index (κ3) is 62.2. The average molecular weight is 1070 g/mol. The van der Waals surface area contributed by atoms with Crippen LogP contribution in [0.5, 0.6) is 0 Å². The number of hydrogen-bond donors (Lipinski definition) is 0. The monoisotopic (exact) mass is 1060 g/mol. The van der Waals surface area contributed by atoms with E-state index in [-0.39, 0.29) is 31.1 Å². The first-order chi connectivity index (χ1) is 37.5. The lowest BCUT2D eigenvalue weighted by Crippen LogP contribution is -2.30. The molecule has 1 atom stereocenters. The summed E-state index contributed by atoms with van der Waals surface area (Å²) in [4.78, 5) is 38.3. The Labute approximate surface area is 473 Å². The first kappa shape index (κ1) is 73.4. The van der Waals surface area contributed by atoms with Gasteiger partial charge in [-0.25, -0.2) is 0 Å². The molecule has 0 saturated carbocycles. The van der Waals surface area contributed by atoms with Gasteiger partial charge in [0.25, 0.3) is 0 Å². The van der Waals surface area contributed by atoms with Crippen LogP contribution in [0.25, 0.3) is 0 Å². The number of allylic oxidation sites excluding steroid dienone is 8. The van der Waals surface area contributed by atoms with E-state index in [0.29, 0.717) is 19.3 Å². The lowest BCUT2D eigenvalue weighted by atomic mass is 10.0. The lowest BCUT2D eigenvalue weighted by Gasteiger charge is -2.18. The molecule has 0 rings (SSSR count). The van der Waals surface area contributed by atoms with Crippen LogP contribution in [0, 0.1) is 0 Å². The topological polar surface area (TPSA) is 78.9 Å². The molecule has 0 aliphatic rings. The molecule has 0 fully saturated rings. The van der Waals surface area contributed by atoms with Gasteiger partial charge in [-0.3, -0.25) is 14.4 Å². The average Bonchev–Trinajstić information content (AvgIpc) is 3.42. The molecule has 0 aromatic carbocycles. The Bertz CT molecular complexity index is 1310. The first-order valence-electron chi connectivity index (χ1n) is 33.6. The fraction of sp³-hybridized carbons (Fsp3) is 0.843.